The summed E-state index contributed by atoms with van der Waals surface area (Å²) in [6, 6.07) is 20.0. The molecular weight excluding hydrogens is 452 g/mol. The summed E-state index contributed by atoms with van der Waals surface area (Å²) in [6.07, 6.45) is 1.63. The molecule has 0 aliphatic carbocycles. The maximum Gasteiger partial charge on any atom is 0.282 e. The van der Waals surface area contributed by atoms with Gasteiger partial charge in [0.2, 0.25) is 5.13 Å². The average Bonchev–Trinajstić information content (AvgIpc) is 3.55. The third-order valence-electron chi connectivity index (χ3n) is 5.26. The number of nitrogens with zero attached hydrogens (tertiary/aromatic N) is 3. The predicted molar refractivity (Wildman–Crippen MR) is 135 cm³/mol. The number of thiazole rings is 1. The zero-order chi connectivity index (χ0) is 22.8. The van der Waals surface area contributed by atoms with Gasteiger partial charge in [0.1, 0.15) is 5.76 Å². The summed E-state index contributed by atoms with van der Waals surface area (Å²) in [6.45, 7) is 4.33. The number of rotatable bonds is 7. The van der Waals surface area contributed by atoms with Crippen molar-refractivity contribution in [3.63, 3.8) is 0 Å². The lowest BCUT2D eigenvalue weighted by atomic mass is 10.2. The van der Waals surface area contributed by atoms with Gasteiger partial charge in [0, 0.05) is 16.4 Å². The van der Waals surface area contributed by atoms with Crippen LogP contribution in [0.4, 0.5) is 0 Å². The number of nitrogens with one attached hydrogen (secondary N) is 1. The molecule has 1 N–H and O–H groups in total. The summed E-state index contributed by atoms with van der Waals surface area (Å²) in [5.41, 5.74) is 4.03. The van der Waals surface area contributed by atoms with E-state index in [1.165, 1.54) is 21.6 Å². The molecule has 8 heteroatoms. The molecule has 166 valence electrons. The van der Waals surface area contributed by atoms with Gasteiger partial charge in [-0.15, -0.1) is 11.8 Å². The van der Waals surface area contributed by atoms with Crippen molar-refractivity contribution in [3.05, 3.63) is 99.9 Å². The third kappa shape index (κ3) is 4.58. The Morgan fingerprint density at radius 2 is 1.97 bits per heavy atom. The van der Waals surface area contributed by atoms with E-state index in [9.17, 15) is 4.79 Å². The maximum absolute atomic E-state index is 13.5. The Hall–Kier alpha value is -3.36. The largest absolute Gasteiger partial charge is 0.467 e. The van der Waals surface area contributed by atoms with Crippen molar-refractivity contribution in [2.24, 2.45) is 4.99 Å². The molecule has 0 aliphatic rings. The molecular formula is C25H22N4O2S2. The molecule has 0 radical (unpaired) electrons. The van der Waals surface area contributed by atoms with Crippen LogP contribution < -0.4 is 5.56 Å². The first-order valence-corrected chi connectivity index (χ1v) is 12.3. The average molecular weight is 475 g/mol. The first-order valence-electron chi connectivity index (χ1n) is 10.5. The van der Waals surface area contributed by atoms with Crippen LogP contribution in [-0.2, 0) is 12.3 Å². The Balaban J connectivity index is 1.53. The SMILES string of the molecule is CC(=NCc1ccco1)c1c(CSc2ccc(C)cc2)[nH]n(-c2nc3ccccc3s2)c1=O. The number of aromatic nitrogens is 3. The predicted octanol–water partition coefficient (Wildman–Crippen LogP) is 5.98. The molecule has 0 atom stereocenters. The maximum atomic E-state index is 13.5. The molecule has 0 unspecified atom stereocenters. The minimum atomic E-state index is -0.144. The summed E-state index contributed by atoms with van der Waals surface area (Å²) in [4.78, 5) is 24.0. The Labute approximate surface area is 199 Å². The number of furan rings is 1. The number of fused-ring (bicyclic) bond motifs is 1. The molecule has 0 bridgehead atoms. The topological polar surface area (TPSA) is 76.2 Å². The van der Waals surface area contributed by atoms with Crippen LogP contribution in [0.15, 0.2) is 86.0 Å². The van der Waals surface area contributed by atoms with Crippen LogP contribution in [0, 0.1) is 6.92 Å². The molecule has 5 aromatic rings. The van der Waals surface area contributed by atoms with Crippen molar-refractivity contribution in [2.45, 2.75) is 31.0 Å². The van der Waals surface area contributed by atoms with E-state index in [2.05, 4.69) is 46.3 Å². The van der Waals surface area contributed by atoms with Gasteiger partial charge in [0.15, 0.2) is 0 Å². The quantitative estimate of drug-likeness (QED) is 0.233. The van der Waals surface area contributed by atoms with Gasteiger partial charge >= 0.3 is 0 Å². The smallest absolute Gasteiger partial charge is 0.282 e. The molecule has 0 amide bonds. The van der Waals surface area contributed by atoms with Crippen LogP contribution in [0.2, 0.25) is 0 Å². The number of hydrogen-bond acceptors (Lipinski definition) is 6. The van der Waals surface area contributed by atoms with Gasteiger partial charge in [-0.1, -0.05) is 41.2 Å². The van der Waals surface area contributed by atoms with E-state index in [1.54, 1.807) is 18.0 Å². The van der Waals surface area contributed by atoms with Crippen molar-refractivity contribution < 1.29 is 4.42 Å². The van der Waals surface area contributed by atoms with Crippen LogP contribution in [-0.4, -0.2) is 20.5 Å². The summed E-state index contributed by atoms with van der Waals surface area (Å²) in [7, 11) is 0. The van der Waals surface area contributed by atoms with E-state index in [0.29, 0.717) is 28.7 Å². The lowest BCUT2D eigenvalue weighted by Crippen LogP contribution is -2.19. The van der Waals surface area contributed by atoms with Gasteiger partial charge in [0.05, 0.1) is 34.3 Å². The number of para-hydroxylation sites is 1. The van der Waals surface area contributed by atoms with Crippen molar-refractivity contribution in [3.8, 4) is 5.13 Å². The van der Waals surface area contributed by atoms with E-state index < -0.39 is 0 Å². The van der Waals surface area contributed by atoms with Crippen molar-refractivity contribution in [1.82, 2.24) is 14.8 Å². The molecule has 0 fully saturated rings. The molecule has 3 aromatic heterocycles. The van der Waals surface area contributed by atoms with Gasteiger partial charge in [-0.2, -0.15) is 4.68 Å². The molecule has 0 saturated heterocycles. The normalized spacial score (nSPS) is 12.0. The number of H-pyrrole nitrogens is 1. The Kier molecular flexibility index (Phi) is 6.02. The summed E-state index contributed by atoms with van der Waals surface area (Å²) < 4.78 is 7.97. The fraction of sp³-hybridized carbons (Fsp3) is 0.160. The van der Waals surface area contributed by atoms with Crippen LogP contribution in [0.3, 0.4) is 0 Å². The first kappa shape index (κ1) is 21.5. The third-order valence-corrected chi connectivity index (χ3v) is 7.32. The molecule has 0 saturated carbocycles. The number of aromatic amines is 1. The number of aliphatic imine (C=N–C) groups is 1. The fourth-order valence-electron chi connectivity index (χ4n) is 3.52. The fourth-order valence-corrected chi connectivity index (χ4v) is 5.29. The van der Waals surface area contributed by atoms with E-state index >= 15 is 0 Å². The summed E-state index contributed by atoms with van der Waals surface area (Å²) in [5, 5.41) is 3.93. The number of benzene rings is 2. The number of aryl methyl sites for hydroxylation is 1. The molecule has 33 heavy (non-hydrogen) atoms. The second-order valence-electron chi connectivity index (χ2n) is 7.65. The zero-order valence-electron chi connectivity index (χ0n) is 18.2. The summed E-state index contributed by atoms with van der Waals surface area (Å²) in [5.74, 6) is 1.37. The van der Waals surface area contributed by atoms with Gasteiger partial charge < -0.3 is 4.42 Å². The Morgan fingerprint density at radius 1 is 1.15 bits per heavy atom. The molecule has 3 heterocycles. The van der Waals surface area contributed by atoms with Gasteiger partial charge in [-0.05, 0) is 50.2 Å². The monoisotopic (exact) mass is 474 g/mol. The highest BCUT2D eigenvalue weighted by atomic mass is 32.2. The lowest BCUT2D eigenvalue weighted by Gasteiger charge is -2.04. The second-order valence-corrected chi connectivity index (χ2v) is 9.71. The molecule has 0 spiro atoms. The van der Waals surface area contributed by atoms with Gasteiger partial charge in [0.25, 0.3) is 5.56 Å². The molecule has 6 nitrogen and oxygen atoms in total. The van der Waals surface area contributed by atoms with Crippen LogP contribution in [0.25, 0.3) is 15.3 Å². The van der Waals surface area contributed by atoms with Crippen molar-refractivity contribution >= 4 is 39.0 Å². The first-order chi connectivity index (χ1) is 16.1. The highest BCUT2D eigenvalue weighted by molar-refractivity contribution is 7.98. The second kappa shape index (κ2) is 9.25. The lowest BCUT2D eigenvalue weighted by molar-refractivity contribution is 0.513. The number of thioether (sulfide) groups is 1. The van der Waals surface area contributed by atoms with Gasteiger partial charge in [-0.25, -0.2) is 4.98 Å². The summed E-state index contributed by atoms with van der Waals surface area (Å²) >= 11 is 3.16. The zero-order valence-corrected chi connectivity index (χ0v) is 19.9. The minimum absolute atomic E-state index is 0.144. The van der Waals surface area contributed by atoms with Crippen molar-refractivity contribution in [2.75, 3.05) is 0 Å². The van der Waals surface area contributed by atoms with Crippen molar-refractivity contribution in [1.29, 1.82) is 0 Å². The highest BCUT2D eigenvalue weighted by Gasteiger charge is 2.20. The van der Waals surface area contributed by atoms with E-state index in [0.717, 1.165) is 26.6 Å². The number of hydrogen-bond donors (Lipinski definition) is 1. The van der Waals surface area contributed by atoms with Crippen LogP contribution >= 0.6 is 23.1 Å². The van der Waals surface area contributed by atoms with E-state index in [1.807, 2.05) is 43.3 Å². The molecule has 5 rings (SSSR count). The van der Waals surface area contributed by atoms with E-state index in [4.69, 9.17) is 4.42 Å². The standard InChI is InChI=1S/C25H22N4O2S2/c1-16-9-11-19(12-10-16)32-15-21-23(17(2)26-14-18-6-5-13-31-18)24(30)29(28-21)25-27-20-7-3-4-8-22(20)33-25/h3-13,28H,14-15H2,1-2H3. The molecule has 2 aromatic carbocycles. The van der Waals surface area contributed by atoms with Gasteiger partial charge in [-0.3, -0.25) is 14.9 Å². The minimum Gasteiger partial charge on any atom is -0.467 e. The highest BCUT2D eigenvalue weighted by Crippen LogP contribution is 2.26. The van der Waals surface area contributed by atoms with Crippen LogP contribution in [0.1, 0.15) is 29.5 Å². The Morgan fingerprint density at radius 3 is 2.73 bits per heavy atom. The Bertz CT molecular complexity index is 1440. The van der Waals surface area contributed by atoms with Crippen LogP contribution in [0.5, 0.6) is 0 Å². The van der Waals surface area contributed by atoms with E-state index in [-0.39, 0.29) is 5.56 Å². The molecule has 0 aliphatic heterocycles.